The lowest BCUT2D eigenvalue weighted by Gasteiger charge is -2.40. The highest BCUT2D eigenvalue weighted by Gasteiger charge is 2.35. The minimum atomic E-state index is -4.14. The lowest BCUT2D eigenvalue weighted by Crippen LogP contribution is -2.54. The van der Waals surface area contributed by atoms with Gasteiger partial charge in [0.25, 0.3) is 0 Å². The van der Waals surface area contributed by atoms with Gasteiger partial charge in [-0.2, -0.15) is 13.2 Å². The Morgan fingerprint density at radius 3 is 2.42 bits per heavy atom. The van der Waals surface area contributed by atoms with Gasteiger partial charge in [0, 0.05) is 38.1 Å². The van der Waals surface area contributed by atoms with Crippen molar-refractivity contribution >= 4 is 5.95 Å². The summed E-state index contributed by atoms with van der Waals surface area (Å²) in [7, 11) is 0. The van der Waals surface area contributed by atoms with E-state index in [4.69, 9.17) is 0 Å². The second-order valence-corrected chi connectivity index (χ2v) is 4.94. The van der Waals surface area contributed by atoms with Crippen LogP contribution in [0.2, 0.25) is 0 Å². The van der Waals surface area contributed by atoms with E-state index in [1.54, 1.807) is 19.3 Å². The molecule has 2 rings (SSSR count). The van der Waals surface area contributed by atoms with Crippen LogP contribution in [-0.4, -0.2) is 53.3 Å². The van der Waals surface area contributed by atoms with Gasteiger partial charge in [-0.1, -0.05) is 0 Å². The minimum Gasteiger partial charge on any atom is -0.338 e. The zero-order valence-corrected chi connectivity index (χ0v) is 11.0. The van der Waals surface area contributed by atoms with Gasteiger partial charge in [-0.25, -0.2) is 9.97 Å². The molecule has 0 amide bonds. The van der Waals surface area contributed by atoms with Crippen molar-refractivity contribution in [3.05, 3.63) is 18.0 Å². The topological polar surface area (TPSA) is 32.3 Å². The molecule has 1 saturated heterocycles. The van der Waals surface area contributed by atoms with Gasteiger partial charge in [0.15, 0.2) is 0 Å². The van der Waals surface area contributed by atoms with Gasteiger partial charge < -0.3 is 4.90 Å². The molecule has 19 heavy (non-hydrogen) atoms. The molecule has 0 N–H and O–H groups in total. The third kappa shape index (κ3) is 3.79. The smallest absolute Gasteiger partial charge is 0.338 e. The maximum atomic E-state index is 12.4. The van der Waals surface area contributed by atoms with Gasteiger partial charge >= 0.3 is 6.18 Å². The van der Waals surface area contributed by atoms with Crippen LogP contribution in [0.25, 0.3) is 0 Å². The first-order valence-electron chi connectivity index (χ1n) is 6.19. The second-order valence-electron chi connectivity index (χ2n) is 4.94. The summed E-state index contributed by atoms with van der Waals surface area (Å²) < 4.78 is 37.2. The Labute approximate surface area is 110 Å². The predicted octanol–water partition coefficient (Wildman–Crippen LogP) is 1.86. The van der Waals surface area contributed by atoms with Crippen molar-refractivity contribution in [3.63, 3.8) is 0 Å². The molecule has 4 nitrogen and oxygen atoms in total. The van der Waals surface area contributed by atoms with E-state index < -0.39 is 12.7 Å². The third-order valence-corrected chi connectivity index (χ3v) is 3.20. The monoisotopic (exact) mass is 274 g/mol. The number of hydrogen-bond acceptors (Lipinski definition) is 4. The van der Waals surface area contributed by atoms with Crippen molar-refractivity contribution in [2.24, 2.45) is 0 Å². The lowest BCUT2D eigenvalue weighted by molar-refractivity contribution is -0.150. The van der Waals surface area contributed by atoms with E-state index in [0.29, 0.717) is 25.6 Å². The van der Waals surface area contributed by atoms with E-state index in [1.165, 1.54) is 4.90 Å². The van der Waals surface area contributed by atoms with Gasteiger partial charge in [0.1, 0.15) is 0 Å². The van der Waals surface area contributed by atoms with E-state index in [0.717, 1.165) is 5.56 Å². The predicted molar refractivity (Wildman–Crippen MR) is 66.1 cm³/mol. The van der Waals surface area contributed by atoms with Gasteiger partial charge in [0.2, 0.25) is 5.95 Å². The van der Waals surface area contributed by atoms with E-state index in [2.05, 4.69) is 9.97 Å². The third-order valence-electron chi connectivity index (χ3n) is 3.20. The lowest BCUT2D eigenvalue weighted by atomic mass is 10.2. The number of alkyl halides is 3. The zero-order chi connectivity index (χ0) is 14.0. The average molecular weight is 274 g/mol. The standard InChI is InChI=1S/C12H17F3N4/c1-9-5-16-11(17-6-9)18-3-4-19(10(2)7-18)8-12(13,14)15/h5-6,10H,3-4,7-8H2,1-2H3. The van der Waals surface area contributed by atoms with Crippen molar-refractivity contribution in [2.45, 2.75) is 26.1 Å². The molecule has 1 aromatic heterocycles. The molecule has 1 aliphatic heterocycles. The minimum absolute atomic E-state index is 0.166. The normalized spacial score (nSPS) is 21.7. The molecule has 0 radical (unpaired) electrons. The molecule has 7 heteroatoms. The van der Waals surface area contributed by atoms with Crippen molar-refractivity contribution < 1.29 is 13.2 Å². The van der Waals surface area contributed by atoms with Crippen LogP contribution in [0.15, 0.2) is 12.4 Å². The molecule has 1 aromatic rings. The number of piperazine rings is 1. The molecule has 1 unspecified atom stereocenters. The summed E-state index contributed by atoms with van der Waals surface area (Å²) in [4.78, 5) is 11.8. The zero-order valence-electron chi connectivity index (χ0n) is 11.0. The summed E-state index contributed by atoms with van der Waals surface area (Å²) >= 11 is 0. The first-order chi connectivity index (χ1) is 8.85. The van der Waals surface area contributed by atoms with Gasteiger partial charge in [-0.15, -0.1) is 0 Å². The molecule has 2 heterocycles. The molecule has 1 fully saturated rings. The van der Waals surface area contributed by atoms with E-state index in [-0.39, 0.29) is 6.04 Å². The van der Waals surface area contributed by atoms with Crippen molar-refractivity contribution in [1.82, 2.24) is 14.9 Å². The van der Waals surface area contributed by atoms with Crippen LogP contribution in [-0.2, 0) is 0 Å². The summed E-state index contributed by atoms with van der Waals surface area (Å²) in [6.07, 6.45) is -0.707. The summed E-state index contributed by atoms with van der Waals surface area (Å²) in [5.74, 6) is 0.587. The average Bonchev–Trinajstić information content (AvgIpc) is 2.31. The Morgan fingerprint density at radius 1 is 1.26 bits per heavy atom. The SMILES string of the molecule is Cc1cnc(N2CCN(CC(F)(F)F)C(C)C2)nc1. The summed E-state index contributed by atoms with van der Waals surface area (Å²) in [5, 5.41) is 0. The second kappa shape index (κ2) is 5.32. The molecule has 0 aliphatic carbocycles. The van der Waals surface area contributed by atoms with Crippen LogP contribution >= 0.6 is 0 Å². The molecule has 1 atom stereocenters. The number of aromatic nitrogens is 2. The fraction of sp³-hybridized carbons (Fsp3) is 0.667. The molecular weight excluding hydrogens is 257 g/mol. The Morgan fingerprint density at radius 2 is 1.89 bits per heavy atom. The highest BCUT2D eigenvalue weighted by molar-refractivity contribution is 5.31. The summed E-state index contributed by atoms with van der Waals surface area (Å²) in [5.41, 5.74) is 0.965. The number of nitrogens with zero attached hydrogens (tertiary/aromatic N) is 4. The molecule has 1 aliphatic rings. The first-order valence-corrected chi connectivity index (χ1v) is 6.19. The molecule has 0 bridgehead atoms. The highest BCUT2D eigenvalue weighted by atomic mass is 19.4. The number of anilines is 1. The Bertz CT molecular complexity index is 418. The summed E-state index contributed by atoms with van der Waals surface area (Å²) in [6.45, 7) is 4.25. The van der Waals surface area contributed by atoms with Crippen LogP contribution in [0, 0.1) is 6.92 Å². The van der Waals surface area contributed by atoms with Crippen LogP contribution in [0.3, 0.4) is 0 Å². The largest absolute Gasteiger partial charge is 0.401 e. The maximum Gasteiger partial charge on any atom is 0.401 e. The number of halogens is 3. The molecular formula is C12H17F3N4. The molecule has 0 spiro atoms. The van der Waals surface area contributed by atoms with Crippen molar-refractivity contribution in [3.8, 4) is 0 Å². The van der Waals surface area contributed by atoms with Crippen molar-refractivity contribution in [2.75, 3.05) is 31.1 Å². The van der Waals surface area contributed by atoms with Crippen LogP contribution in [0.4, 0.5) is 19.1 Å². The Kier molecular flexibility index (Phi) is 3.93. The molecule has 106 valence electrons. The van der Waals surface area contributed by atoms with Crippen LogP contribution in [0.1, 0.15) is 12.5 Å². The fourth-order valence-corrected chi connectivity index (χ4v) is 2.19. The van der Waals surface area contributed by atoms with Crippen LogP contribution < -0.4 is 4.90 Å². The molecule has 0 saturated carbocycles. The van der Waals surface area contributed by atoms with E-state index >= 15 is 0 Å². The number of aryl methyl sites for hydroxylation is 1. The van der Waals surface area contributed by atoms with Gasteiger partial charge in [-0.3, -0.25) is 4.90 Å². The number of rotatable bonds is 2. The Hall–Kier alpha value is -1.37. The fourth-order valence-electron chi connectivity index (χ4n) is 2.19. The van der Waals surface area contributed by atoms with Crippen molar-refractivity contribution in [1.29, 1.82) is 0 Å². The first kappa shape index (κ1) is 14.0. The van der Waals surface area contributed by atoms with E-state index in [1.807, 2.05) is 11.8 Å². The number of hydrogen-bond donors (Lipinski definition) is 0. The van der Waals surface area contributed by atoms with Crippen LogP contribution in [0.5, 0.6) is 0 Å². The highest BCUT2D eigenvalue weighted by Crippen LogP contribution is 2.21. The van der Waals surface area contributed by atoms with Gasteiger partial charge in [0.05, 0.1) is 6.54 Å². The van der Waals surface area contributed by atoms with E-state index in [9.17, 15) is 13.2 Å². The quantitative estimate of drug-likeness (QED) is 0.824. The van der Waals surface area contributed by atoms with Gasteiger partial charge in [-0.05, 0) is 19.4 Å². The molecule has 0 aromatic carbocycles. The Balaban J connectivity index is 1.98. The summed E-state index contributed by atoms with van der Waals surface area (Å²) in [6, 6.07) is -0.166. The maximum absolute atomic E-state index is 12.4.